The summed E-state index contributed by atoms with van der Waals surface area (Å²) in [6, 6.07) is 11.4. The first kappa shape index (κ1) is 26.5. The van der Waals surface area contributed by atoms with Crippen LogP contribution in [0.25, 0.3) is 11.1 Å². The maximum absolute atomic E-state index is 13.1. The third-order valence-corrected chi connectivity index (χ3v) is 5.15. The number of nitrogens with zero attached hydrogens (tertiary/aromatic N) is 4. The molecular weight excluding hydrogens is 458 g/mol. The number of amides is 2. The molecule has 9 nitrogen and oxygen atoms in total. The number of ketones is 1. The number of hydrogen-bond acceptors (Lipinski definition) is 7. The molecule has 0 radical (unpaired) electrons. The molecule has 1 aromatic carbocycles. The molecule has 1 N–H and O–H groups in total. The van der Waals surface area contributed by atoms with Crippen molar-refractivity contribution >= 4 is 23.5 Å². The van der Waals surface area contributed by atoms with Crippen molar-refractivity contribution in [2.75, 3.05) is 11.9 Å². The van der Waals surface area contributed by atoms with E-state index in [9.17, 15) is 14.4 Å². The first-order chi connectivity index (χ1) is 17.1. The molecule has 0 saturated carbocycles. The average Bonchev–Trinajstić information content (AvgIpc) is 2.83. The summed E-state index contributed by atoms with van der Waals surface area (Å²) in [7, 11) is 0. The van der Waals surface area contributed by atoms with E-state index < -0.39 is 17.6 Å². The zero-order valence-corrected chi connectivity index (χ0v) is 21.2. The summed E-state index contributed by atoms with van der Waals surface area (Å²) in [6.07, 6.45) is 4.75. The van der Waals surface area contributed by atoms with Crippen LogP contribution in [0.2, 0.25) is 0 Å². The molecule has 0 bridgehead atoms. The van der Waals surface area contributed by atoms with E-state index in [-0.39, 0.29) is 30.3 Å². The predicted molar refractivity (Wildman–Crippen MR) is 136 cm³/mol. The summed E-state index contributed by atoms with van der Waals surface area (Å²) in [5.74, 6) is -0.789. The molecule has 2 amide bonds. The Kier molecular flexibility index (Phi) is 8.47. The van der Waals surface area contributed by atoms with Gasteiger partial charge in [0.05, 0.1) is 17.9 Å². The van der Waals surface area contributed by atoms with E-state index in [1.807, 2.05) is 24.3 Å². The van der Waals surface area contributed by atoms with Gasteiger partial charge in [0.2, 0.25) is 5.91 Å². The fourth-order valence-electron chi connectivity index (χ4n) is 3.45. The average molecular weight is 490 g/mol. The van der Waals surface area contributed by atoms with Crippen molar-refractivity contribution in [3.05, 3.63) is 72.1 Å². The lowest BCUT2D eigenvalue weighted by Crippen LogP contribution is -2.41. The number of anilines is 1. The van der Waals surface area contributed by atoms with Crippen LogP contribution in [0, 0.1) is 0 Å². The van der Waals surface area contributed by atoms with Gasteiger partial charge in [-0.25, -0.2) is 14.8 Å². The van der Waals surface area contributed by atoms with E-state index in [0.29, 0.717) is 5.69 Å². The summed E-state index contributed by atoms with van der Waals surface area (Å²) < 4.78 is 5.48. The highest BCUT2D eigenvalue weighted by molar-refractivity contribution is 6.03. The number of hydrogen-bond donors (Lipinski definition) is 1. The van der Waals surface area contributed by atoms with Gasteiger partial charge in [0.1, 0.15) is 24.2 Å². The minimum atomic E-state index is -0.745. The van der Waals surface area contributed by atoms with Gasteiger partial charge in [-0.05, 0) is 50.5 Å². The summed E-state index contributed by atoms with van der Waals surface area (Å²) in [5.41, 5.74) is 3.06. The molecule has 0 fully saturated rings. The number of nitrogens with one attached hydrogen (secondary N) is 1. The van der Waals surface area contributed by atoms with E-state index in [1.54, 1.807) is 45.3 Å². The molecule has 0 aliphatic carbocycles. The van der Waals surface area contributed by atoms with Crippen LogP contribution >= 0.6 is 0 Å². The van der Waals surface area contributed by atoms with Crippen LogP contribution in [0.4, 0.5) is 10.5 Å². The molecule has 0 aliphatic rings. The van der Waals surface area contributed by atoms with Gasteiger partial charge in [-0.15, -0.1) is 0 Å². The topological polar surface area (TPSA) is 114 Å². The Bertz CT molecular complexity index is 1240. The standard InChI is InChI=1S/C27H31N5O4/c1-6-19-8-7-9-20(12-19)21-13-23(25(18(2)33)29-14-21)31-24(34)16-32(26(35)36-27(3,4)5)15-22-10-11-28-17-30-22/h7-14,17H,6,15-16H2,1-5H3,(H,31,34). The first-order valence-electron chi connectivity index (χ1n) is 11.7. The number of rotatable bonds is 8. The summed E-state index contributed by atoms with van der Waals surface area (Å²) in [5, 5.41) is 2.76. The number of carbonyl (C=O) groups excluding carboxylic acids is 3. The molecule has 0 spiro atoms. The van der Waals surface area contributed by atoms with E-state index in [2.05, 4.69) is 27.2 Å². The zero-order valence-electron chi connectivity index (χ0n) is 21.2. The summed E-state index contributed by atoms with van der Waals surface area (Å²) in [6.45, 7) is 8.43. The van der Waals surface area contributed by atoms with Crippen molar-refractivity contribution in [1.82, 2.24) is 19.9 Å². The molecular formula is C27H31N5O4. The third kappa shape index (κ3) is 7.43. The second kappa shape index (κ2) is 11.5. The molecule has 3 aromatic rings. The van der Waals surface area contributed by atoms with Crippen LogP contribution in [-0.4, -0.2) is 49.8 Å². The largest absolute Gasteiger partial charge is 0.444 e. The Morgan fingerprint density at radius 1 is 1.06 bits per heavy atom. The van der Waals surface area contributed by atoms with Crippen molar-refractivity contribution in [3.8, 4) is 11.1 Å². The third-order valence-electron chi connectivity index (χ3n) is 5.15. The molecule has 9 heteroatoms. The van der Waals surface area contributed by atoms with Crippen molar-refractivity contribution < 1.29 is 19.1 Å². The van der Waals surface area contributed by atoms with Gasteiger partial charge in [-0.3, -0.25) is 19.5 Å². The van der Waals surface area contributed by atoms with Gasteiger partial charge in [-0.2, -0.15) is 0 Å². The molecule has 36 heavy (non-hydrogen) atoms. The number of ether oxygens (including phenoxy) is 1. The van der Waals surface area contributed by atoms with Crippen LogP contribution in [0.15, 0.2) is 55.1 Å². The van der Waals surface area contributed by atoms with Gasteiger partial charge < -0.3 is 10.1 Å². The van der Waals surface area contributed by atoms with Crippen molar-refractivity contribution in [1.29, 1.82) is 0 Å². The monoisotopic (exact) mass is 489 g/mol. The van der Waals surface area contributed by atoms with Crippen molar-refractivity contribution in [3.63, 3.8) is 0 Å². The fraction of sp³-hybridized carbons (Fsp3) is 0.333. The molecule has 188 valence electrons. The maximum Gasteiger partial charge on any atom is 0.411 e. The van der Waals surface area contributed by atoms with Crippen molar-refractivity contribution in [2.45, 2.75) is 53.2 Å². The molecule has 2 aromatic heterocycles. The Labute approximate surface area is 210 Å². The molecule has 0 atom stereocenters. The Hall–Kier alpha value is -4.14. The van der Waals surface area contributed by atoms with Crippen LogP contribution in [0.5, 0.6) is 0 Å². The van der Waals surface area contributed by atoms with Gasteiger partial charge in [0.15, 0.2) is 5.78 Å². The van der Waals surface area contributed by atoms with Crippen molar-refractivity contribution in [2.24, 2.45) is 0 Å². The number of aryl methyl sites for hydroxylation is 1. The number of pyridine rings is 1. The Morgan fingerprint density at radius 2 is 1.83 bits per heavy atom. The zero-order chi connectivity index (χ0) is 26.3. The second-order valence-electron chi connectivity index (χ2n) is 9.32. The number of benzene rings is 1. The minimum Gasteiger partial charge on any atom is -0.444 e. The lowest BCUT2D eigenvalue weighted by atomic mass is 10.0. The molecule has 0 unspecified atom stereocenters. The quantitative estimate of drug-likeness (QED) is 0.457. The number of Topliss-reactive ketones (excluding diaryl/α,β-unsaturated/α-hetero) is 1. The Morgan fingerprint density at radius 3 is 2.47 bits per heavy atom. The Balaban J connectivity index is 1.86. The van der Waals surface area contributed by atoms with Crippen LogP contribution in [-0.2, 0) is 22.5 Å². The summed E-state index contributed by atoms with van der Waals surface area (Å²) >= 11 is 0. The van der Waals surface area contributed by atoms with Crippen LogP contribution in [0.3, 0.4) is 0 Å². The van der Waals surface area contributed by atoms with E-state index in [4.69, 9.17) is 4.74 Å². The minimum absolute atomic E-state index is 0.0481. The first-order valence-corrected chi connectivity index (χ1v) is 11.7. The molecule has 2 heterocycles. The summed E-state index contributed by atoms with van der Waals surface area (Å²) in [4.78, 5) is 51.7. The van der Waals surface area contributed by atoms with Gasteiger partial charge in [0, 0.05) is 24.9 Å². The van der Waals surface area contributed by atoms with E-state index >= 15 is 0 Å². The smallest absolute Gasteiger partial charge is 0.411 e. The lowest BCUT2D eigenvalue weighted by molar-refractivity contribution is -0.117. The maximum atomic E-state index is 13.1. The second-order valence-corrected chi connectivity index (χ2v) is 9.32. The fourth-order valence-corrected chi connectivity index (χ4v) is 3.45. The van der Waals surface area contributed by atoms with Crippen LogP contribution < -0.4 is 5.32 Å². The highest BCUT2D eigenvalue weighted by Crippen LogP contribution is 2.25. The van der Waals surface area contributed by atoms with E-state index in [0.717, 1.165) is 23.1 Å². The van der Waals surface area contributed by atoms with Gasteiger partial charge in [0.25, 0.3) is 0 Å². The number of carbonyl (C=O) groups is 3. The SMILES string of the molecule is CCc1cccc(-c2cnc(C(C)=O)c(NC(=O)CN(Cc3ccncn3)C(=O)OC(C)(C)C)c2)c1. The lowest BCUT2D eigenvalue weighted by Gasteiger charge is -2.27. The normalized spacial score (nSPS) is 11.0. The van der Waals surface area contributed by atoms with Gasteiger partial charge in [-0.1, -0.05) is 31.2 Å². The highest BCUT2D eigenvalue weighted by atomic mass is 16.6. The molecule has 0 aliphatic heterocycles. The molecule has 3 rings (SSSR count). The molecule has 0 saturated heterocycles. The predicted octanol–water partition coefficient (Wildman–Crippen LogP) is 4.68. The van der Waals surface area contributed by atoms with E-state index in [1.165, 1.54) is 18.2 Å². The van der Waals surface area contributed by atoms with Gasteiger partial charge >= 0.3 is 6.09 Å². The van der Waals surface area contributed by atoms with Crippen LogP contribution in [0.1, 0.15) is 56.4 Å². The number of aromatic nitrogens is 3. The highest BCUT2D eigenvalue weighted by Gasteiger charge is 2.25.